The smallest absolute Gasteiger partial charge is 0.490 e. The van der Waals surface area contributed by atoms with Gasteiger partial charge < -0.3 is 19.3 Å². The Balaban J connectivity index is 0.000000505. The van der Waals surface area contributed by atoms with E-state index in [0.717, 1.165) is 24.1 Å². The van der Waals surface area contributed by atoms with Gasteiger partial charge in [0.15, 0.2) is 9.84 Å². The molecule has 3 heterocycles. The van der Waals surface area contributed by atoms with E-state index in [1.165, 1.54) is 12.5 Å². The molecule has 14 heteroatoms. The molecule has 0 aliphatic carbocycles. The number of alkyl halides is 3. The second kappa shape index (κ2) is 12.1. The molecule has 38 heavy (non-hydrogen) atoms. The average molecular weight is 556 g/mol. The minimum absolute atomic E-state index is 0.124. The SMILES string of the molecule is CS(=O)(=O)c1ccc(-c2ccc(OCC3CCN(C(=O)c4ccno4)CC3)cn2)cc1.O=C(O)C(F)(F)F. The first-order chi connectivity index (χ1) is 17.8. The highest BCUT2D eigenvalue weighted by Crippen LogP contribution is 2.24. The molecule has 2 aromatic heterocycles. The number of aliphatic carboxylic acids is 1. The molecule has 0 unspecified atom stereocenters. The molecule has 1 N–H and O–H groups in total. The number of likely N-dealkylation sites (tertiary alicyclic amines) is 1. The number of halogens is 3. The lowest BCUT2D eigenvalue weighted by atomic mass is 9.97. The molecule has 0 saturated carbocycles. The maximum atomic E-state index is 12.3. The van der Waals surface area contributed by atoms with Crippen molar-refractivity contribution in [1.82, 2.24) is 15.0 Å². The van der Waals surface area contributed by atoms with Crippen molar-refractivity contribution in [3.63, 3.8) is 0 Å². The number of hydrogen-bond acceptors (Lipinski definition) is 8. The van der Waals surface area contributed by atoms with Crippen molar-refractivity contribution in [2.45, 2.75) is 23.9 Å². The van der Waals surface area contributed by atoms with Gasteiger partial charge in [-0.25, -0.2) is 13.2 Å². The van der Waals surface area contributed by atoms with Crippen molar-refractivity contribution in [1.29, 1.82) is 0 Å². The number of hydrogen-bond donors (Lipinski definition) is 1. The molecule has 0 spiro atoms. The summed E-state index contributed by atoms with van der Waals surface area (Å²) >= 11 is 0. The normalized spacial score (nSPS) is 14.4. The zero-order chi connectivity index (χ0) is 27.9. The summed E-state index contributed by atoms with van der Waals surface area (Å²) < 4.78 is 65.7. The summed E-state index contributed by atoms with van der Waals surface area (Å²) in [6, 6.07) is 11.9. The van der Waals surface area contributed by atoms with Crippen LogP contribution in [0, 0.1) is 5.92 Å². The summed E-state index contributed by atoms with van der Waals surface area (Å²) in [7, 11) is -3.22. The van der Waals surface area contributed by atoms with Crippen LogP contribution in [0.25, 0.3) is 11.3 Å². The number of carbonyl (C=O) groups is 2. The summed E-state index contributed by atoms with van der Waals surface area (Å²) in [5.41, 5.74) is 1.58. The van der Waals surface area contributed by atoms with E-state index in [2.05, 4.69) is 10.1 Å². The largest absolute Gasteiger partial charge is 0.492 e. The lowest BCUT2D eigenvalue weighted by molar-refractivity contribution is -0.192. The number of carboxylic acids is 1. The van der Waals surface area contributed by atoms with Crippen LogP contribution in [0.1, 0.15) is 23.4 Å². The van der Waals surface area contributed by atoms with Crippen molar-refractivity contribution in [3.8, 4) is 17.0 Å². The molecule has 1 saturated heterocycles. The van der Waals surface area contributed by atoms with Gasteiger partial charge in [0.2, 0.25) is 5.76 Å². The van der Waals surface area contributed by atoms with Gasteiger partial charge in [-0.15, -0.1) is 0 Å². The number of pyridine rings is 1. The number of benzene rings is 1. The van der Waals surface area contributed by atoms with E-state index in [1.54, 1.807) is 41.4 Å². The molecule has 204 valence electrons. The predicted octanol–water partition coefficient (Wildman–Crippen LogP) is 3.70. The van der Waals surface area contributed by atoms with E-state index in [4.69, 9.17) is 19.2 Å². The quantitative estimate of drug-likeness (QED) is 0.482. The van der Waals surface area contributed by atoms with Crippen LogP contribution in [-0.2, 0) is 14.6 Å². The number of rotatable bonds is 6. The second-order valence-corrected chi connectivity index (χ2v) is 10.4. The Bertz CT molecular complexity index is 1320. The van der Waals surface area contributed by atoms with Crippen molar-refractivity contribution in [3.05, 3.63) is 60.6 Å². The summed E-state index contributed by atoms with van der Waals surface area (Å²) in [4.78, 5) is 27.7. The number of nitrogens with zero attached hydrogens (tertiary/aromatic N) is 3. The van der Waals surface area contributed by atoms with E-state index in [0.29, 0.717) is 31.4 Å². The van der Waals surface area contributed by atoms with Crippen LogP contribution >= 0.6 is 0 Å². The topological polar surface area (TPSA) is 140 Å². The van der Waals surface area contributed by atoms with Gasteiger partial charge in [0.05, 0.1) is 29.6 Å². The lowest BCUT2D eigenvalue weighted by Gasteiger charge is -2.31. The Kier molecular flexibility index (Phi) is 9.09. The minimum atomic E-state index is -5.08. The number of sulfone groups is 1. The van der Waals surface area contributed by atoms with Gasteiger partial charge in [-0.05, 0) is 43.0 Å². The Morgan fingerprint density at radius 3 is 2.21 bits per heavy atom. The minimum Gasteiger partial charge on any atom is -0.492 e. The highest BCUT2D eigenvalue weighted by Gasteiger charge is 2.38. The number of piperidine rings is 1. The highest BCUT2D eigenvalue weighted by molar-refractivity contribution is 7.90. The lowest BCUT2D eigenvalue weighted by Crippen LogP contribution is -2.39. The number of ether oxygens (including phenoxy) is 1. The molecule has 3 aromatic rings. The van der Waals surface area contributed by atoms with Crippen molar-refractivity contribution in [2.75, 3.05) is 26.0 Å². The molecule has 1 amide bonds. The standard InChI is InChI=1S/C22H23N3O5S.C2HF3O2/c1-31(27,28)19-5-2-17(3-6-19)20-7-4-18(14-23-20)29-15-16-9-12-25(13-10-16)22(26)21-8-11-24-30-21;3-2(4,5)1(6)7/h2-8,11,14,16H,9-10,12-13,15H2,1H3;(H,6,7). The molecule has 0 radical (unpaired) electrons. The Labute approximate surface area is 215 Å². The zero-order valence-electron chi connectivity index (χ0n) is 20.1. The van der Waals surface area contributed by atoms with Crippen molar-refractivity contribution in [2.24, 2.45) is 5.92 Å². The fourth-order valence-electron chi connectivity index (χ4n) is 3.51. The molecule has 10 nitrogen and oxygen atoms in total. The maximum Gasteiger partial charge on any atom is 0.490 e. The molecule has 1 aliphatic heterocycles. The zero-order valence-corrected chi connectivity index (χ0v) is 20.9. The van der Waals surface area contributed by atoms with Gasteiger partial charge in [0, 0.05) is 31.0 Å². The van der Waals surface area contributed by atoms with Gasteiger partial charge >= 0.3 is 12.1 Å². The number of aromatic nitrogens is 2. The summed E-state index contributed by atoms with van der Waals surface area (Å²) in [6.07, 6.45) is 0.959. The van der Waals surface area contributed by atoms with Gasteiger partial charge in [-0.3, -0.25) is 9.78 Å². The van der Waals surface area contributed by atoms with Crippen LogP contribution in [0.2, 0.25) is 0 Å². The maximum absolute atomic E-state index is 12.3. The second-order valence-electron chi connectivity index (χ2n) is 8.40. The third kappa shape index (κ3) is 8.03. The Morgan fingerprint density at radius 1 is 1.11 bits per heavy atom. The van der Waals surface area contributed by atoms with E-state index in [9.17, 15) is 26.4 Å². The van der Waals surface area contributed by atoms with Crippen LogP contribution in [0.3, 0.4) is 0 Å². The van der Waals surface area contributed by atoms with Crippen molar-refractivity contribution >= 4 is 21.7 Å². The number of amides is 1. The predicted molar refractivity (Wildman–Crippen MR) is 127 cm³/mol. The summed E-state index contributed by atoms with van der Waals surface area (Å²) in [5, 5.41) is 10.7. The number of carboxylic acid groups (broad SMARTS) is 1. The summed E-state index contributed by atoms with van der Waals surface area (Å²) in [6.45, 7) is 1.89. The van der Waals surface area contributed by atoms with E-state index < -0.39 is 22.0 Å². The Morgan fingerprint density at radius 2 is 1.74 bits per heavy atom. The van der Waals surface area contributed by atoms with Gasteiger partial charge in [0.1, 0.15) is 5.75 Å². The van der Waals surface area contributed by atoms with Crippen LogP contribution in [0.5, 0.6) is 5.75 Å². The van der Waals surface area contributed by atoms with Crippen LogP contribution in [0.15, 0.2) is 64.3 Å². The van der Waals surface area contributed by atoms with Crippen molar-refractivity contribution < 1.29 is 45.5 Å². The van der Waals surface area contributed by atoms with Crippen LogP contribution < -0.4 is 4.74 Å². The first kappa shape index (κ1) is 28.6. The summed E-state index contributed by atoms with van der Waals surface area (Å²) in [5.74, 6) is -1.57. The monoisotopic (exact) mass is 555 g/mol. The fourth-order valence-corrected chi connectivity index (χ4v) is 4.14. The molecule has 4 rings (SSSR count). The van der Waals surface area contributed by atoms with Crippen LogP contribution in [-0.4, -0.2) is 72.6 Å². The fraction of sp³-hybridized carbons (Fsp3) is 0.333. The van der Waals surface area contributed by atoms with Crippen LogP contribution in [0.4, 0.5) is 13.2 Å². The van der Waals surface area contributed by atoms with E-state index in [-0.39, 0.29) is 16.6 Å². The van der Waals surface area contributed by atoms with Gasteiger partial charge in [-0.1, -0.05) is 17.3 Å². The van der Waals surface area contributed by atoms with Gasteiger partial charge in [-0.2, -0.15) is 13.2 Å². The average Bonchev–Trinajstić information content (AvgIpc) is 3.42. The molecule has 1 aliphatic rings. The molecule has 1 aromatic carbocycles. The molecular formula is C24H24F3N3O7S. The molecule has 0 atom stereocenters. The number of carbonyl (C=O) groups excluding carboxylic acids is 1. The third-order valence-electron chi connectivity index (χ3n) is 5.59. The van der Waals surface area contributed by atoms with E-state index >= 15 is 0 Å². The molecule has 1 fully saturated rings. The Hall–Kier alpha value is -3.94. The third-order valence-corrected chi connectivity index (χ3v) is 6.72. The highest BCUT2D eigenvalue weighted by atomic mass is 32.2. The molecular weight excluding hydrogens is 531 g/mol. The van der Waals surface area contributed by atoms with E-state index in [1.807, 2.05) is 12.1 Å². The molecule has 0 bridgehead atoms. The van der Waals surface area contributed by atoms with Gasteiger partial charge in [0.25, 0.3) is 5.91 Å². The first-order valence-electron chi connectivity index (χ1n) is 11.2. The first-order valence-corrected chi connectivity index (χ1v) is 13.1.